The molecule has 12 heavy (non-hydrogen) atoms. The first-order valence-electron chi connectivity index (χ1n) is 4.32. The highest BCUT2D eigenvalue weighted by Gasteiger charge is 2.32. The SMILES string of the molecule is CC(=O)N1CCC2C=[C]C=CC21. The van der Waals surface area contributed by atoms with E-state index in [2.05, 4.69) is 18.2 Å². The summed E-state index contributed by atoms with van der Waals surface area (Å²) in [7, 11) is 0. The van der Waals surface area contributed by atoms with E-state index in [1.165, 1.54) is 0 Å². The largest absolute Gasteiger partial charge is 0.336 e. The Kier molecular flexibility index (Phi) is 1.75. The Bertz CT molecular complexity index is 255. The van der Waals surface area contributed by atoms with Crippen molar-refractivity contribution in [3.05, 3.63) is 24.3 Å². The van der Waals surface area contributed by atoms with Crippen LogP contribution in [0, 0.1) is 12.0 Å². The van der Waals surface area contributed by atoms with E-state index in [1.807, 2.05) is 11.0 Å². The summed E-state index contributed by atoms with van der Waals surface area (Å²) < 4.78 is 0. The summed E-state index contributed by atoms with van der Waals surface area (Å²) in [6.45, 7) is 2.53. The minimum Gasteiger partial charge on any atom is -0.336 e. The van der Waals surface area contributed by atoms with Gasteiger partial charge in [-0.1, -0.05) is 18.2 Å². The van der Waals surface area contributed by atoms with E-state index in [-0.39, 0.29) is 5.91 Å². The van der Waals surface area contributed by atoms with E-state index >= 15 is 0 Å². The van der Waals surface area contributed by atoms with Crippen LogP contribution in [0.3, 0.4) is 0 Å². The lowest BCUT2D eigenvalue weighted by Gasteiger charge is -2.24. The second-order valence-electron chi connectivity index (χ2n) is 3.35. The summed E-state index contributed by atoms with van der Waals surface area (Å²) in [5, 5.41) is 0. The standard InChI is InChI=1S/C10H12NO/c1-8(12)11-7-6-9-4-2-3-5-10(9)11/h3-5,9-10H,6-7H2,1H3. The average Bonchev–Trinajstić information content (AvgIpc) is 2.47. The van der Waals surface area contributed by atoms with Crippen molar-refractivity contribution in [1.82, 2.24) is 4.90 Å². The van der Waals surface area contributed by atoms with Crippen LogP contribution in [0.1, 0.15) is 13.3 Å². The predicted molar refractivity (Wildman–Crippen MR) is 46.2 cm³/mol. The van der Waals surface area contributed by atoms with Gasteiger partial charge in [-0.25, -0.2) is 0 Å². The van der Waals surface area contributed by atoms with Crippen molar-refractivity contribution in [1.29, 1.82) is 0 Å². The maximum atomic E-state index is 11.2. The first-order chi connectivity index (χ1) is 5.79. The van der Waals surface area contributed by atoms with E-state index in [1.54, 1.807) is 6.92 Å². The van der Waals surface area contributed by atoms with Crippen LogP contribution in [0.2, 0.25) is 0 Å². The van der Waals surface area contributed by atoms with Gasteiger partial charge in [-0.3, -0.25) is 4.79 Å². The van der Waals surface area contributed by atoms with Crippen LogP contribution < -0.4 is 0 Å². The number of hydrogen-bond donors (Lipinski definition) is 0. The second-order valence-corrected chi connectivity index (χ2v) is 3.35. The Morgan fingerprint density at radius 3 is 3.25 bits per heavy atom. The molecule has 0 saturated carbocycles. The van der Waals surface area contributed by atoms with Gasteiger partial charge >= 0.3 is 0 Å². The van der Waals surface area contributed by atoms with Crippen molar-refractivity contribution in [2.45, 2.75) is 19.4 Å². The number of carbonyl (C=O) groups is 1. The van der Waals surface area contributed by atoms with Gasteiger partial charge in [0.2, 0.25) is 5.91 Å². The number of hydrogen-bond acceptors (Lipinski definition) is 1. The molecule has 0 aromatic carbocycles. The highest BCUT2D eigenvalue weighted by atomic mass is 16.2. The molecule has 2 rings (SSSR count). The molecule has 0 N–H and O–H groups in total. The van der Waals surface area contributed by atoms with Gasteiger partial charge in [0.05, 0.1) is 6.04 Å². The highest BCUT2D eigenvalue weighted by Crippen LogP contribution is 2.28. The van der Waals surface area contributed by atoms with Gasteiger partial charge in [0.15, 0.2) is 0 Å². The lowest BCUT2D eigenvalue weighted by atomic mass is 9.96. The lowest BCUT2D eigenvalue weighted by Crippen LogP contribution is -2.35. The van der Waals surface area contributed by atoms with Crippen LogP contribution in [0.25, 0.3) is 0 Å². The lowest BCUT2D eigenvalue weighted by molar-refractivity contribution is -0.129. The molecule has 1 heterocycles. The number of nitrogens with zero attached hydrogens (tertiary/aromatic N) is 1. The van der Waals surface area contributed by atoms with Crippen molar-refractivity contribution < 1.29 is 4.79 Å². The smallest absolute Gasteiger partial charge is 0.219 e. The molecule has 2 heteroatoms. The molecule has 2 atom stereocenters. The van der Waals surface area contributed by atoms with Gasteiger partial charge in [0, 0.05) is 19.4 Å². The van der Waals surface area contributed by atoms with Crippen molar-refractivity contribution in [3.63, 3.8) is 0 Å². The zero-order valence-corrected chi connectivity index (χ0v) is 7.16. The molecular formula is C10H12NO. The van der Waals surface area contributed by atoms with E-state index < -0.39 is 0 Å². The van der Waals surface area contributed by atoms with Crippen LogP contribution in [0.5, 0.6) is 0 Å². The first kappa shape index (κ1) is 7.59. The molecule has 1 fully saturated rings. The summed E-state index contributed by atoms with van der Waals surface area (Å²) in [4.78, 5) is 13.1. The summed E-state index contributed by atoms with van der Waals surface area (Å²) in [5.41, 5.74) is 0. The fourth-order valence-electron chi connectivity index (χ4n) is 1.97. The van der Waals surface area contributed by atoms with Crippen LogP contribution in [0.15, 0.2) is 18.2 Å². The van der Waals surface area contributed by atoms with E-state index in [0.717, 1.165) is 13.0 Å². The maximum absolute atomic E-state index is 11.2. The number of allylic oxidation sites excluding steroid dienone is 2. The molecule has 63 valence electrons. The minimum absolute atomic E-state index is 0.183. The Hall–Kier alpha value is -1.05. The molecule has 0 spiro atoms. The zero-order valence-electron chi connectivity index (χ0n) is 7.16. The molecule has 1 radical (unpaired) electrons. The fourth-order valence-corrected chi connectivity index (χ4v) is 1.97. The Labute approximate surface area is 72.6 Å². The Morgan fingerprint density at radius 1 is 1.67 bits per heavy atom. The summed E-state index contributed by atoms with van der Waals surface area (Å²) >= 11 is 0. The normalized spacial score (nSPS) is 32.2. The number of fused-ring (bicyclic) bond motifs is 1. The van der Waals surface area contributed by atoms with Gasteiger partial charge in [-0.15, -0.1) is 0 Å². The average molecular weight is 162 g/mol. The summed E-state index contributed by atoms with van der Waals surface area (Å²) in [6.07, 6.45) is 10.2. The Balaban J connectivity index is 2.18. The minimum atomic E-state index is 0.183. The molecule has 2 nitrogen and oxygen atoms in total. The molecule has 1 saturated heterocycles. The number of rotatable bonds is 0. The van der Waals surface area contributed by atoms with Crippen molar-refractivity contribution in [2.75, 3.05) is 6.54 Å². The van der Waals surface area contributed by atoms with Crippen LogP contribution in [-0.4, -0.2) is 23.4 Å². The second kappa shape index (κ2) is 2.77. The van der Waals surface area contributed by atoms with E-state index in [0.29, 0.717) is 12.0 Å². The molecule has 2 aliphatic rings. The van der Waals surface area contributed by atoms with Gasteiger partial charge in [0.25, 0.3) is 0 Å². The van der Waals surface area contributed by atoms with Gasteiger partial charge in [-0.2, -0.15) is 0 Å². The monoisotopic (exact) mass is 162 g/mol. The molecule has 0 bridgehead atoms. The quantitative estimate of drug-likeness (QED) is 0.523. The molecular weight excluding hydrogens is 150 g/mol. The van der Waals surface area contributed by atoms with Gasteiger partial charge in [0.1, 0.15) is 0 Å². The zero-order chi connectivity index (χ0) is 8.55. The molecule has 1 aliphatic carbocycles. The summed E-state index contributed by atoms with van der Waals surface area (Å²) in [6, 6.07) is 0.309. The third-order valence-electron chi connectivity index (χ3n) is 2.61. The summed E-state index contributed by atoms with van der Waals surface area (Å²) in [5.74, 6) is 0.696. The molecule has 0 aromatic rings. The first-order valence-corrected chi connectivity index (χ1v) is 4.32. The van der Waals surface area contributed by atoms with E-state index in [9.17, 15) is 4.79 Å². The fraction of sp³-hybridized carbons (Fsp3) is 0.500. The van der Waals surface area contributed by atoms with Crippen LogP contribution in [-0.2, 0) is 4.79 Å². The van der Waals surface area contributed by atoms with Crippen molar-refractivity contribution >= 4 is 5.91 Å². The maximum Gasteiger partial charge on any atom is 0.219 e. The number of carbonyl (C=O) groups excluding carboxylic acids is 1. The third-order valence-corrected chi connectivity index (χ3v) is 2.61. The van der Waals surface area contributed by atoms with Crippen LogP contribution in [0.4, 0.5) is 0 Å². The number of likely N-dealkylation sites (tertiary alicyclic amines) is 1. The third kappa shape index (κ3) is 1.07. The Morgan fingerprint density at radius 2 is 2.50 bits per heavy atom. The van der Waals surface area contributed by atoms with E-state index in [4.69, 9.17) is 0 Å². The van der Waals surface area contributed by atoms with Crippen molar-refractivity contribution in [3.8, 4) is 0 Å². The van der Waals surface area contributed by atoms with Gasteiger partial charge < -0.3 is 4.90 Å². The van der Waals surface area contributed by atoms with Gasteiger partial charge in [-0.05, 0) is 12.5 Å². The molecule has 1 amide bonds. The number of amides is 1. The molecule has 2 unspecified atom stereocenters. The highest BCUT2D eigenvalue weighted by molar-refractivity contribution is 5.74. The molecule has 0 aromatic heterocycles. The molecule has 1 aliphatic heterocycles. The topological polar surface area (TPSA) is 20.3 Å². The van der Waals surface area contributed by atoms with Crippen molar-refractivity contribution in [2.24, 2.45) is 5.92 Å². The predicted octanol–water partition coefficient (Wildman–Crippen LogP) is 1.15. The van der Waals surface area contributed by atoms with Crippen LogP contribution >= 0.6 is 0 Å².